The van der Waals surface area contributed by atoms with Crippen molar-refractivity contribution in [3.63, 3.8) is 0 Å². The van der Waals surface area contributed by atoms with Crippen LogP contribution in [0.1, 0.15) is 26.3 Å². The maximum Gasteiger partial charge on any atom is 0.122 e. The van der Waals surface area contributed by atoms with Gasteiger partial charge >= 0.3 is 0 Å². The Balaban J connectivity index is 2.56. The van der Waals surface area contributed by atoms with Crippen LogP contribution in [-0.4, -0.2) is 33.3 Å². The summed E-state index contributed by atoms with van der Waals surface area (Å²) in [6.07, 6.45) is 0. The molecule has 0 aliphatic heterocycles. The van der Waals surface area contributed by atoms with E-state index in [-0.39, 0.29) is 5.41 Å². The first-order valence-corrected chi connectivity index (χ1v) is 6.66. The second kappa shape index (κ2) is 7.39. The van der Waals surface area contributed by atoms with Crippen molar-refractivity contribution in [2.45, 2.75) is 26.2 Å². The monoisotopic (exact) mass is 250 g/mol. The largest absolute Gasteiger partial charge is 0.496 e. The Bertz CT molecular complexity index is 350. The average molecular weight is 250 g/mol. The van der Waals surface area contributed by atoms with Gasteiger partial charge in [-0.3, -0.25) is 0 Å². The Morgan fingerprint density at radius 2 is 1.78 bits per heavy atom. The van der Waals surface area contributed by atoms with E-state index in [4.69, 9.17) is 4.74 Å². The van der Waals surface area contributed by atoms with Crippen molar-refractivity contribution in [1.29, 1.82) is 0 Å². The molecule has 0 aromatic heterocycles. The number of ether oxygens (including phenoxy) is 1. The molecule has 3 heteroatoms. The molecule has 0 atom stereocenters. The molecule has 0 spiro atoms. The summed E-state index contributed by atoms with van der Waals surface area (Å²) in [6.45, 7) is 10.6. The Morgan fingerprint density at radius 1 is 1.11 bits per heavy atom. The zero-order chi connectivity index (χ0) is 13.4. The molecule has 3 nitrogen and oxygen atoms in total. The van der Waals surface area contributed by atoms with Crippen LogP contribution in [0.2, 0.25) is 0 Å². The highest BCUT2D eigenvalue weighted by molar-refractivity contribution is 5.39. The van der Waals surface area contributed by atoms with Gasteiger partial charge in [0.25, 0.3) is 0 Å². The van der Waals surface area contributed by atoms with Crippen LogP contribution in [0.15, 0.2) is 24.3 Å². The van der Waals surface area contributed by atoms with Gasteiger partial charge in [-0.2, -0.15) is 0 Å². The summed E-state index contributed by atoms with van der Waals surface area (Å²) in [5.41, 5.74) is 1.32. The highest BCUT2D eigenvalue weighted by Crippen LogP contribution is 2.30. The number of para-hydroxylation sites is 1. The maximum absolute atomic E-state index is 5.44. The molecule has 1 aromatic carbocycles. The molecule has 0 bridgehead atoms. The van der Waals surface area contributed by atoms with E-state index >= 15 is 0 Å². The predicted molar refractivity (Wildman–Crippen MR) is 77.4 cm³/mol. The summed E-state index contributed by atoms with van der Waals surface area (Å²) in [7, 11) is 1.73. The lowest BCUT2D eigenvalue weighted by atomic mass is 9.84. The van der Waals surface area contributed by atoms with E-state index in [1.807, 2.05) is 12.1 Å². The minimum atomic E-state index is 0.0683. The molecule has 0 aliphatic carbocycles. The standard InChI is InChI=1S/C15H26N2O/c1-5-16-10-11-17-12-15(2,3)13-8-6-7-9-14(13)18-4/h6-9,16-17H,5,10-12H2,1-4H3. The van der Waals surface area contributed by atoms with Crippen LogP contribution in [0.25, 0.3) is 0 Å². The van der Waals surface area contributed by atoms with Crippen LogP contribution in [0, 0.1) is 0 Å². The SMILES string of the molecule is CCNCCNCC(C)(C)c1ccccc1OC. The van der Waals surface area contributed by atoms with Crippen molar-refractivity contribution < 1.29 is 4.74 Å². The fourth-order valence-electron chi connectivity index (χ4n) is 2.05. The van der Waals surface area contributed by atoms with Crippen molar-refractivity contribution in [2.75, 3.05) is 33.3 Å². The van der Waals surface area contributed by atoms with Gasteiger partial charge in [0.15, 0.2) is 0 Å². The molecular weight excluding hydrogens is 224 g/mol. The summed E-state index contributed by atoms with van der Waals surface area (Å²) in [5.74, 6) is 0.969. The number of hydrogen-bond acceptors (Lipinski definition) is 3. The third-order valence-corrected chi connectivity index (χ3v) is 3.13. The van der Waals surface area contributed by atoms with Crippen LogP contribution >= 0.6 is 0 Å². The van der Waals surface area contributed by atoms with E-state index in [9.17, 15) is 0 Å². The zero-order valence-electron chi connectivity index (χ0n) is 12.0. The lowest BCUT2D eigenvalue weighted by Crippen LogP contribution is -2.36. The average Bonchev–Trinajstić information content (AvgIpc) is 2.38. The first kappa shape index (κ1) is 15.0. The molecule has 0 amide bonds. The Morgan fingerprint density at radius 3 is 2.44 bits per heavy atom. The second-order valence-corrected chi connectivity index (χ2v) is 5.11. The van der Waals surface area contributed by atoms with Gasteiger partial charge in [0.2, 0.25) is 0 Å². The molecule has 1 rings (SSSR count). The van der Waals surface area contributed by atoms with Crippen molar-refractivity contribution in [3.8, 4) is 5.75 Å². The van der Waals surface area contributed by atoms with Crippen molar-refractivity contribution in [1.82, 2.24) is 10.6 Å². The highest BCUT2D eigenvalue weighted by Gasteiger charge is 2.23. The van der Waals surface area contributed by atoms with Crippen LogP contribution in [-0.2, 0) is 5.41 Å². The van der Waals surface area contributed by atoms with Gasteiger partial charge in [-0.15, -0.1) is 0 Å². The zero-order valence-corrected chi connectivity index (χ0v) is 12.0. The van der Waals surface area contributed by atoms with Crippen LogP contribution < -0.4 is 15.4 Å². The summed E-state index contributed by atoms with van der Waals surface area (Å²) < 4.78 is 5.44. The maximum atomic E-state index is 5.44. The van der Waals surface area contributed by atoms with Gasteiger partial charge in [-0.05, 0) is 12.6 Å². The molecule has 0 saturated heterocycles. The molecule has 1 aromatic rings. The summed E-state index contributed by atoms with van der Waals surface area (Å²) in [5, 5.41) is 6.80. The number of benzene rings is 1. The molecular formula is C15H26N2O. The predicted octanol–water partition coefficient (Wildman–Crippen LogP) is 2.17. The van der Waals surface area contributed by atoms with E-state index in [1.165, 1.54) is 5.56 Å². The Labute approximate surface area is 111 Å². The number of rotatable bonds is 8. The normalized spacial score (nSPS) is 11.6. The Hall–Kier alpha value is -1.06. The van der Waals surface area contributed by atoms with Gasteiger partial charge in [0.1, 0.15) is 5.75 Å². The fourth-order valence-corrected chi connectivity index (χ4v) is 2.05. The molecule has 0 saturated carbocycles. The summed E-state index contributed by atoms with van der Waals surface area (Å²) >= 11 is 0. The van der Waals surface area contributed by atoms with Crippen LogP contribution in [0.3, 0.4) is 0 Å². The van der Waals surface area contributed by atoms with E-state index in [1.54, 1.807) is 7.11 Å². The van der Waals surface area contributed by atoms with E-state index < -0.39 is 0 Å². The second-order valence-electron chi connectivity index (χ2n) is 5.11. The van der Waals surface area contributed by atoms with E-state index in [0.29, 0.717) is 0 Å². The lowest BCUT2D eigenvalue weighted by Gasteiger charge is -2.27. The van der Waals surface area contributed by atoms with Crippen molar-refractivity contribution in [3.05, 3.63) is 29.8 Å². The molecule has 0 fully saturated rings. The molecule has 0 aliphatic rings. The molecule has 0 unspecified atom stereocenters. The van der Waals surface area contributed by atoms with Gasteiger partial charge in [-0.1, -0.05) is 39.0 Å². The number of methoxy groups -OCH3 is 1. The summed E-state index contributed by atoms with van der Waals surface area (Å²) in [6, 6.07) is 8.25. The molecule has 18 heavy (non-hydrogen) atoms. The van der Waals surface area contributed by atoms with Gasteiger partial charge in [-0.25, -0.2) is 0 Å². The first-order valence-electron chi connectivity index (χ1n) is 6.66. The molecule has 2 N–H and O–H groups in total. The van der Waals surface area contributed by atoms with Gasteiger partial charge in [0, 0.05) is 30.6 Å². The number of likely N-dealkylation sites (N-methyl/N-ethyl adjacent to an activating group) is 1. The minimum absolute atomic E-state index is 0.0683. The van der Waals surface area contributed by atoms with E-state index in [2.05, 4.69) is 43.5 Å². The first-order chi connectivity index (χ1) is 8.61. The smallest absolute Gasteiger partial charge is 0.122 e. The summed E-state index contributed by atoms with van der Waals surface area (Å²) in [4.78, 5) is 0. The van der Waals surface area contributed by atoms with Gasteiger partial charge in [0.05, 0.1) is 7.11 Å². The van der Waals surface area contributed by atoms with Crippen molar-refractivity contribution >= 4 is 0 Å². The number of nitrogens with one attached hydrogen (secondary N) is 2. The molecule has 0 radical (unpaired) electrons. The van der Waals surface area contributed by atoms with Crippen LogP contribution in [0.4, 0.5) is 0 Å². The number of hydrogen-bond donors (Lipinski definition) is 2. The minimum Gasteiger partial charge on any atom is -0.496 e. The topological polar surface area (TPSA) is 33.3 Å². The fraction of sp³-hybridized carbons (Fsp3) is 0.600. The van der Waals surface area contributed by atoms with Gasteiger partial charge < -0.3 is 15.4 Å². The third-order valence-electron chi connectivity index (χ3n) is 3.13. The molecule has 0 heterocycles. The lowest BCUT2D eigenvalue weighted by molar-refractivity contribution is 0.385. The highest BCUT2D eigenvalue weighted by atomic mass is 16.5. The Kier molecular flexibility index (Phi) is 6.16. The van der Waals surface area contributed by atoms with Crippen molar-refractivity contribution in [2.24, 2.45) is 0 Å². The van der Waals surface area contributed by atoms with Crippen LogP contribution in [0.5, 0.6) is 5.75 Å². The molecule has 102 valence electrons. The van der Waals surface area contributed by atoms with E-state index in [0.717, 1.165) is 31.9 Å². The quantitative estimate of drug-likeness (QED) is 0.694. The third kappa shape index (κ3) is 4.31.